The summed E-state index contributed by atoms with van der Waals surface area (Å²) in [6, 6.07) is 0. The average Bonchev–Trinajstić information content (AvgIpc) is 2.67. The van der Waals surface area contributed by atoms with Crippen LogP contribution in [0, 0.1) is 16.7 Å². The molecule has 0 aliphatic heterocycles. The molecule has 1 saturated carbocycles. The summed E-state index contributed by atoms with van der Waals surface area (Å²) in [4.78, 5) is 11.5. The van der Waals surface area contributed by atoms with Crippen molar-refractivity contribution in [3.8, 4) is 0 Å². The summed E-state index contributed by atoms with van der Waals surface area (Å²) in [5.74, 6) is 0.730. The second-order valence-electron chi connectivity index (χ2n) is 6.32. The SMILES string of the molecule is COCCCNC(=O)CNCC1C(C)(C)C1(C)C. The number of methoxy groups -OCH3 is 1. The van der Waals surface area contributed by atoms with E-state index in [1.807, 2.05) is 0 Å². The van der Waals surface area contributed by atoms with Gasteiger partial charge in [0.2, 0.25) is 5.91 Å². The maximum absolute atomic E-state index is 11.5. The fourth-order valence-corrected chi connectivity index (χ4v) is 2.68. The molecule has 0 aromatic rings. The second-order valence-corrected chi connectivity index (χ2v) is 6.32. The quantitative estimate of drug-likeness (QED) is 0.646. The Labute approximate surface area is 111 Å². The number of carbonyl (C=O) groups excluding carboxylic acids is 1. The van der Waals surface area contributed by atoms with Crippen molar-refractivity contribution in [1.82, 2.24) is 10.6 Å². The minimum Gasteiger partial charge on any atom is -0.385 e. The van der Waals surface area contributed by atoms with E-state index in [-0.39, 0.29) is 5.91 Å². The lowest BCUT2D eigenvalue weighted by Crippen LogP contribution is -2.35. The fraction of sp³-hybridized carbons (Fsp3) is 0.929. The monoisotopic (exact) mass is 256 g/mol. The van der Waals surface area contributed by atoms with Gasteiger partial charge in [-0.1, -0.05) is 27.7 Å². The van der Waals surface area contributed by atoms with Gasteiger partial charge >= 0.3 is 0 Å². The van der Waals surface area contributed by atoms with Gasteiger partial charge < -0.3 is 15.4 Å². The molecule has 1 amide bonds. The predicted octanol–water partition coefficient (Wildman–Crippen LogP) is 1.41. The molecular weight excluding hydrogens is 228 g/mol. The maximum Gasteiger partial charge on any atom is 0.233 e. The van der Waals surface area contributed by atoms with E-state index < -0.39 is 0 Å². The highest BCUT2D eigenvalue weighted by atomic mass is 16.5. The summed E-state index contributed by atoms with van der Waals surface area (Å²) in [6.45, 7) is 11.9. The molecule has 4 nitrogen and oxygen atoms in total. The van der Waals surface area contributed by atoms with Crippen molar-refractivity contribution in [3.63, 3.8) is 0 Å². The maximum atomic E-state index is 11.5. The van der Waals surface area contributed by atoms with Gasteiger partial charge in [0.05, 0.1) is 6.54 Å². The number of hydrogen-bond donors (Lipinski definition) is 2. The first-order valence-electron chi connectivity index (χ1n) is 6.80. The zero-order chi connectivity index (χ0) is 13.8. The lowest BCUT2D eigenvalue weighted by molar-refractivity contribution is -0.120. The summed E-state index contributed by atoms with van der Waals surface area (Å²) in [5, 5.41) is 6.13. The summed E-state index contributed by atoms with van der Waals surface area (Å²) < 4.78 is 4.92. The van der Waals surface area contributed by atoms with E-state index >= 15 is 0 Å². The van der Waals surface area contributed by atoms with Gasteiger partial charge in [-0.2, -0.15) is 0 Å². The number of hydrogen-bond acceptors (Lipinski definition) is 3. The molecule has 106 valence electrons. The topological polar surface area (TPSA) is 50.4 Å². The molecule has 4 heteroatoms. The minimum atomic E-state index is 0.0716. The van der Waals surface area contributed by atoms with Gasteiger partial charge in [-0.15, -0.1) is 0 Å². The van der Waals surface area contributed by atoms with Gasteiger partial charge in [-0.3, -0.25) is 4.79 Å². The van der Waals surface area contributed by atoms with Crippen molar-refractivity contribution in [2.75, 3.05) is 33.4 Å². The van der Waals surface area contributed by atoms with Crippen LogP contribution >= 0.6 is 0 Å². The van der Waals surface area contributed by atoms with Crippen LogP contribution in [-0.2, 0) is 9.53 Å². The van der Waals surface area contributed by atoms with E-state index in [4.69, 9.17) is 4.74 Å². The Balaban J connectivity index is 2.07. The van der Waals surface area contributed by atoms with Crippen LogP contribution in [0.5, 0.6) is 0 Å². The number of carbonyl (C=O) groups is 1. The highest BCUT2D eigenvalue weighted by Gasteiger charge is 2.63. The Hall–Kier alpha value is -0.610. The van der Waals surface area contributed by atoms with Crippen LogP contribution in [-0.4, -0.2) is 39.3 Å². The molecule has 0 bridgehead atoms. The fourth-order valence-electron chi connectivity index (χ4n) is 2.68. The van der Waals surface area contributed by atoms with E-state index in [0.717, 1.165) is 13.0 Å². The summed E-state index contributed by atoms with van der Waals surface area (Å²) in [7, 11) is 1.67. The van der Waals surface area contributed by atoms with Crippen molar-refractivity contribution < 1.29 is 9.53 Å². The van der Waals surface area contributed by atoms with Crippen LogP contribution in [0.1, 0.15) is 34.1 Å². The number of rotatable bonds is 8. The van der Waals surface area contributed by atoms with E-state index in [1.165, 1.54) is 0 Å². The lowest BCUT2D eigenvalue weighted by Gasteiger charge is -2.07. The van der Waals surface area contributed by atoms with Crippen molar-refractivity contribution in [2.45, 2.75) is 34.1 Å². The van der Waals surface area contributed by atoms with Crippen molar-refractivity contribution in [1.29, 1.82) is 0 Å². The molecule has 1 aliphatic rings. The molecule has 0 spiro atoms. The highest BCUT2D eigenvalue weighted by Crippen LogP contribution is 2.67. The molecule has 0 heterocycles. The molecule has 0 unspecified atom stereocenters. The molecule has 0 aromatic heterocycles. The number of amides is 1. The Kier molecular flexibility index (Phi) is 5.17. The Morgan fingerprint density at radius 1 is 1.22 bits per heavy atom. The van der Waals surface area contributed by atoms with Gasteiger partial charge in [-0.25, -0.2) is 0 Å². The number of ether oxygens (including phenoxy) is 1. The Morgan fingerprint density at radius 2 is 1.83 bits per heavy atom. The molecule has 1 rings (SSSR count). The van der Waals surface area contributed by atoms with Crippen LogP contribution in [0.2, 0.25) is 0 Å². The molecule has 2 N–H and O–H groups in total. The predicted molar refractivity (Wildman–Crippen MR) is 73.4 cm³/mol. The van der Waals surface area contributed by atoms with E-state index in [0.29, 0.717) is 36.4 Å². The Bertz CT molecular complexity index is 274. The highest BCUT2D eigenvalue weighted by molar-refractivity contribution is 5.77. The molecular formula is C14H28N2O2. The van der Waals surface area contributed by atoms with Crippen LogP contribution in [0.25, 0.3) is 0 Å². The summed E-state index contributed by atoms with van der Waals surface area (Å²) in [5.41, 5.74) is 0.768. The normalized spacial score (nSPS) is 20.7. The molecule has 0 atom stereocenters. The largest absolute Gasteiger partial charge is 0.385 e. The zero-order valence-electron chi connectivity index (χ0n) is 12.4. The van der Waals surface area contributed by atoms with Gasteiger partial charge in [-0.05, 0) is 29.7 Å². The lowest BCUT2D eigenvalue weighted by atomic mass is 10.0. The molecule has 1 aliphatic carbocycles. The first-order chi connectivity index (χ1) is 8.34. The summed E-state index contributed by atoms with van der Waals surface area (Å²) in [6.07, 6.45) is 0.866. The first kappa shape index (κ1) is 15.4. The number of nitrogens with one attached hydrogen (secondary N) is 2. The van der Waals surface area contributed by atoms with E-state index in [9.17, 15) is 4.79 Å². The van der Waals surface area contributed by atoms with Crippen LogP contribution in [0.3, 0.4) is 0 Å². The van der Waals surface area contributed by atoms with Crippen molar-refractivity contribution >= 4 is 5.91 Å². The van der Waals surface area contributed by atoms with Crippen LogP contribution < -0.4 is 10.6 Å². The van der Waals surface area contributed by atoms with E-state index in [1.54, 1.807) is 7.11 Å². The van der Waals surface area contributed by atoms with Crippen molar-refractivity contribution in [3.05, 3.63) is 0 Å². The molecule has 0 saturated heterocycles. The molecule has 0 aromatic carbocycles. The van der Waals surface area contributed by atoms with Gasteiger partial charge in [0.1, 0.15) is 0 Å². The zero-order valence-corrected chi connectivity index (χ0v) is 12.4. The van der Waals surface area contributed by atoms with Gasteiger partial charge in [0.15, 0.2) is 0 Å². The van der Waals surface area contributed by atoms with E-state index in [2.05, 4.69) is 38.3 Å². The minimum absolute atomic E-state index is 0.0716. The van der Waals surface area contributed by atoms with Gasteiger partial charge in [0.25, 0.3) is 0 Å². The van der Waals surface area contributed by atoms with Crippen molar-refractivity contribution in [2.24, 2.45) is 16.7 Å². The third-order valence-electron chi connectivity index (χ3n) is 4.80. The summed E-state index contributed by atoms with van der Waals surface area (Å²) >= 11 is 0. The molecule has 1 fully saturated rings. The van der Waals surface area contributed by atoms with Gasteiger partial charge in [0, 0.05) is 20.3 Å². The third-order valence-corrected chi connectivity index (χ3v) is 4.80. The third kappa shape index (κ3) is 3.45. The molecule has 18 heavy (non-hydrogen) atoms. The average molecular weight is 256 g/mol. The Morgan fingerprint density at radius 3 is 2.33 bits per heavy atom. The van der Waals surface area contributed by atoms with Crippen LogP contribution in [0.4, 0.5) is 0 Å². The van der Waals surface area contributed by atoms with Crippen LogP contribution in [0.15, 0.2) is 0 Å². The molecule has 0 radical (unpaired) electrons. The first-order valence-corrected chi connectivity index (χ1v) is 6.80. The smallest absolute Gasteiger partial charge is 0.233 e. The standard InChI is InChI=1S/C14H28N2O2/c1-13(2)11(14(13,3)4)9-15-10-12(17)16-7-6-8-18-5/h11,15H,6-10H2,1-5H3,(H,16,17). The second kappa shape index (κ2) is 6.02.